The van der Waals surface area contributed by atoms with Crippen LogP contribution in [0.4, 0.5) is 0 Å². The molecule has 2 bridgehead atoms. The van der Waals surface area contributed by atoms with E-state index in [9.17, 15) is 9.59 Å². The number of hydrogen-bond donors (Lipinski definition) is 1. The summed E-state index contributed by atoms with van der Waals surface area (Å²) in [7, 11) is 0. The third-order valence-corrected chi connectivity index (χ3v) is 6.33. The minimum Gasteiger partial charge on any atom is -0.467 e. The number of hydrogen-bond acceptors (Lipinski definition) is 3. The highest BCUT2D eigenvalue weighted by Gasteiger charge is 2.41. The van der Waals surface area contributed by atoms with Gasteiger partial charge in [0.1, 0.15) is 5.76 Å². The normalized spacial score (nSPS) is 24.0. The molecule has 2 amide bonds. The molecule has 2 aromatic rings. The number of halogens is 1. The highest BCUT2D eigenvalue weighted by molar-refractivity contribution is 6.30. The maximum absolute atomic E-state index is 12.9. The lowest BCUT2D eigenvalue weighted by Gasteiger charge is -2.47. The summed E-state index contributed by atoms with van der Waals surface area (Å²) in [6, 6.07) is 10.8. The van der Waals surface area contributed by atoms with E-state index < -0.39 is 0 Å². The fourth-order valence-electron chi connectivity index (χ4n) is 4.74. The molecule has 0 spiro atoms. The van der Waals surface area contributed by atoms with Crippen molar-refractivity contribution in [1.29, 1.82) is 0 Å². The molecule has 0 radical (unpaired) electrons. The van der Waals surface area contributed by atoms with Crippen LogP contribution in [0.25, 0.3) is 0 Å². The summed E-state index contributed by atoms with van der Waals surface area (Å²) in [4.78, 5) is 27.3. The van der Waals surface area contributed by atoms with Crippen molar-refractivity contribution < 1.29 is 14.0 Å². The number of carbonyl (C=O) groups is 2. The van der Waals surface area contributed by atoms with Gasteiger partial charge < -0.3 is 14.6 Å². The molecular weight excluding hydrogens is 376 g/mol. The third kappa shape index (κ3) is 4.25. The molecule has 2 fully saturated rings. The van der Waals surface area contributed by atoms with Crippen LogP contribution in [0.15, 0.2) is 47.1 Å². The number of benzene rings is 1. The molecule has 2 atom stereocenters. The molecule has 1 aliphatic heterocycles. The Morgan fingerprint density at radius 2 is 1.93 bits per heavy atom. The molecule has 1 saturated heterocycles. The summed E-state index contributed by atoms with van der Waals surface area (Å²) in [5.74, 6) is 1.97. The van der Waals surface area contributed by atoms with Crippen molar-refractivity contribution >= 4 is 23.4 Å². The standard InChI is InChI=1S/C22H25ClN2O3/c23-18-7-2-4-15(10-18)22(27)25-13-16-5-1-6-17(14-25)20(16)11-21(26)24-12-19-8-3-9-28-19/h2-4,7-10,16-17,20H,1,5-6,11-14H2,(H,24,26). The molecule has 148 valence electrons. The van der Waals surface area contributed by atoms with E-state index in [0.717, 1.165) is 31.7 Å². The predicted octanol–water partition coefficient (Wildman–Crippen LogP) is 4.13. The Labute approximate surface area is 170 Å². The van der Waals surface area contributed by atoms with E-state index in [2.05, 4.69) is 5.32 Å². The molecule has 2 aliphatic rings. The van der Waals surface area contributed by atoms with Crippen LogP contribution in [0, 0.1) is 17.8 Å². The molecule has 6 heteroatoms. The van der Waals surface area contributed by atoms with Crippen LogP contribution in [-0.4, -0.2) is 29.8 Å². The summed E-state index contributed by atoms with van der Waals surface area (Å²) in [6.07, 6.45) is 5.46. The van der Waals surface area contributed by atoms with Gasteiger partial charge in [0.2, 0.25) is 5.91 Å². The van der Waals surface area contributed by atoms with Gasteiger partial charge in [0.25, 0.3) is 5.91 Å². The van der Waals surface area contributed by atoms with E-state index in [1.807, 2.05) is 29.2 Å². The molecule has 5 nitrogen and oxygen atoms in total. The molecule has 1 N–H and O–H groups in total. The molecule has 1 saturated carbocycles. The zero-order chi connectivity index (χ0) is 19.5. The monoisotopic (exact) mass is 400 g/mol. The van der Waals surface area contributed by atoms with Gasteiger partial charge in [-0.1, -0.05) is 24.1 Å². The van der Waals surface area contributed by atoms with Gasteiger partial charge in [-0.2, -0.15) is 0 Å². The van der Waals surface area contributed by atoms with Crippen LogP contribution in [0.2, 0.25) is 5.02 Å². The number of piperidine rings is 1. The zero-order valence-corrected chi connectivity index (χ0v) is 16.5. The van der Waals surface area contributed by atoms with Crippen LogP contribution >= 0.6 is 11.6 Å². The Morgan fingerprint density at radius 1 is 1.14 bits per heavy atom. The molecule has 2 heterocycles. The molecule has 4 rings (SSSR count). The average Bonchev–Trinajstić information content (AvgIpc) is 3.19. The number of carbonyl (C=O) groups excluding carboxylic acids is 2. The summed E-state index contributed by atoms with van der Waals surface area (Å²) < 4.78 is 5.27. The third-order valence-electron chi connectivity index (χ3n) is 6.09. The lowest BCUT2D eigenvalue weighted by molar-refractivity contribution is -0.124. The van der Waals surface area contributed by atoms with E-state index in [0.29, 0.717) is 41.3 Å². The second-order valence-electron chi connectivity index (χ2n) is 7.90. The average molecular weight is 401 g/mol. The summed E-state index contributed by atoms with van der Waals surface area (Å²) in [6.45, 7) is 1.86. The van der Waals surface area contributed by atoms with Crippen molar-refractivity contribution in [2.75, 3.05) is 13.1 Å². The van der Waals surface area contributed by atoms with E-state index in [4.69, 9.17) is 16.0 Å². The van der Waals surface area contributed by atoms with E-state index in [1.165, 1.54) is 6.42 Å². The molecule has 1 aromatic carbocycles. The summed E-state index contributed by atoms with van der Waals surface area (Å²) >= 11 is 6.05. The lowest BCUT2D eigenvalue weighted by Crippen LogP contribution is -2.51. The van der Waals surface area contributed by atoms with Crippen molar-refractivity contribution in [2.24, 2.45) is 17.8 Å². The number of furan rings is 1. The second-order valence-corrected chi connectivity index (χ2v) is 8.33. The van der Waals surface area contributed by atoms with Crippen molar-refractivity contribution in [2.45, 2.75) is 32.2 Å². The minimum atomic E-state index is 0.0418. The second kappa shape index (κ2) is 8.39. The maximum atomic E-state index is 12.9. The van der Waals surface area contributed by atoms with Gasteiger partial charge in [0, 0.05) is 30.1 Å². The molecular formula is C22H25ClN2O3. The Balaban J connectivity index is 1.38. The smallest absolute Gasteiger partial charge is 0.253 e. The first-order chi connectivity index (χ1) is 13.6. The van der Waals surface area contributed by atoms with Gasteiger partial charge in [-0.15, -0.1) is 0 Å². The summed E-state index contributed by atoms with van der Waals surface area (Å²) in [5.41, 5.74) is 0.639. The van der Waals surface area contributed by atoms with Gasteiger partial charge in [-0.25, -0.2) is 0 Å². The van der Waals surface area contributed by atoms with Crippen LogP contribution < -0.4 is 5.32 Å². The minimum absolute atomic E-state index is 0.0418. The zero-order valence-electron chi connectivity index (χ0n) is 15.8. The Kier molecular flexibility index (Phi) is 5.72. The first-order valence-corrected chi connectivity index (χ1v) is 10.3. The van der Waals surface area contributed by atoms with Crippen LogP contribution in [-0.2, 0) is 11.3 Å². The maximum Gasteiger partial charge on any atom is 0.253 e. The lowest BCUT2D eigenvalue weighted by atomic mass is 9.67. The molecule has 2 unspecified atom stereocenters. The highest BCUT2D eigenvalue weighted by atomic mass is 35.5. The van der Waals surface area contributed by atoms with E-state index in [-0.39, 0.29) is 11.8 Å². The van der Waals surface area contributed by atoms with Gasteiger partial charge >= 0.3 is 0 Å². The number of fused-ring (bicyclic) bond motifs is 2. The van der Waals surface area contributed by atoms with Crippen molar-refractivity contribution in [1.82, 2.24) is 10.2 Å². The van der Waals surface area contributed by atoms with Crippen LogP contribution in [0.3, 0.4) is 0 Å². The first kappa shape index (κ1) is 19.1. The summed E-state index contributed by atoms with van der Waals surface area (Å²) in [5, 5.41) is 3.54. The Morgan fingerprint density at radius 3 is 2.61 bits per heavy atom. The number of nitrogens with one attached hydrogen (secondary N) is 1. The Bertz CT molecular complexity index is 822. The fraction of sp³-hybridized carbons (Fsp3) is 0.455. The van der Waals surface area contributed by atoms with Gasteiger partial charge in [-0.3, -0.25) is 9.59 Å². The topological polar surface area (TPSA) is 62.6 Å². The van der Waals surface area contributed by atoms with Crippen molar-refractivity contribution in [3.05, 3.63) is 59.0 Å². The number of amides is 2. The number of nitrogens with zero attached hydrogens (tertiary/aromatic N) is 1. The predicted molar refractivity (Wildman–Crippen MR) is 107 cm³/mol. The number of likely N-dealkylation sites (tertiary alicyclic amines) is 1. The molecule has 1 aliphatic carbocycles. The largest absolute Gasteiger partial charge is 0.467 e. The van der Waals surface area contributed by atoms with Crippen molar-refractivity contribution in [3.63, 3.8) is 0 Å². The fourth-order valence-corrected chi connectivity index (χ4v) is 4.93. The van der Waals surface area contributed by atoms with E-state index in [1.54, 1.807) is 18.4 Å². The van der Waals surface area contributed by atoms with E-state index >= 15 is 0 Å². The molecule has 28 heavy (non-hydrogen) atoms. The van der Waals surface area contributed by atoms with Gasteiger partial charge in [-0.05, 0) is 60.9 Å². The van der Waals surface area contributed by atoms with Gasteiger partial charge in [0.15, 0.2) is 0 Å². The van der Waals surface area contributed by atoms with Crippen LogP contribution in [0.5, 0.6) is 0 Å². The Hall–Kier alpha value is -2.27. The van der Waals surface area contributed by atoms with Gasteiger partial charge in [0.05, 0.1) is 12.8 Å². The number of rotatable bonds is 5. The molecule has 1 aromatic heterocycles. The SMILES string of the molecule is O=C(CC1C2CCCC1CN(C(=O)c1cccc(Cl)c1)C2)NCc1ccco1. The highest BCUT2D eigenvalue weighted by Crippen LogP contribution is 2.42. The first-order valence-electron chi connectivity index (χ1n) is 9.94. The van der Waals surface area contributed by atoms with Crippen molar-refractivity contribution in [3.8, 4) is 0 Å². The quantitative estimate of drug-likeness (QED) is 0.820. The van der Waals surface area contributed by atoms with Crippen LogP contribution in [0.1, 0.15) is 41.8 Å².